The summed E-state index contributed by atoms with van der Waals surface area (Å²) >= 11 is 1.41. The lowest BCUT2D eigenvalue weighted by atomic mass is 10.1. The molecule has 1 atom stereocenters. The van der Waals surface area contributed by atoms with Crippen molar-refractivity contribution in [2.24, 2.45) is 0 Å². The van der Waals surface area contributed by atoms with E-state index in [0.29, 0.717) is 23.6 Å². The third-order valence-corrected chi connectivity index (χ3v) is 6.76. The summed E-state index contributed by atoms with van der Waals surface area (Å²) in [5.41, 5.74) is 1.50. The van der Waals surface area contributed by atoms with E-state index in [0.717, 1.165) is 5.56 Å². The number of benzene rings is 1. The highest BCUT2D eigenvalue weighted by Gasteiger charge is 2.35. The number of sulfone groups is 1. The highest BCUT2D eigenvalue weighted by Crippen LogP contribution is 2.25. The molecule has 2 heterocycles. The molecule has 1 aromatic heterocycles. The van der Waals surface area contributed by atoms with Gasteiger partial charge in [-0.15, -0.1) is 11.8 Å². The molecule has 0 saturated carbocycles. The van der Waals surface area contributed by atoms with Crippen LogP contribution in [-0.2, 0) is 16.4 Å². The van der Waals surface area contributed by atoms with Gasteiger partial charge in [0.2, 0.25) is 0 Å². The van der Waals surface area contributed by atoms with Crippen LogP contribution in [0, 0.1) is 0 Å². The van der Waals surface area contributed by atoms with Gasteiger partial charge in [-0.2, -0.15) is 0 Å². The minimum Gasteiger partial charge on any atom is -0.330 e. The second-order valence-electron chi connectivity index (χ2n) is 6.04. The number of thioether (sulfide) groups is 1. The zero-order valence-electron chi connectivity index (χ0n) is 14.0. The number of hydrogen-bond donors (Lipinski definition) is 0. The average Bonchev–Trinajstić information content (AvgIpc) is 2.99. The van der Waals surface area contributed by atoms with Gasteiger partial charge < -0.3 is 4.90 Å². The summed E-state index contributed by atoms with van der Waals surface area (Å²) in [5.74, 6) is 0.00226. The molecule has 0 N–H and O–H groups in total. The maximum Gasteiger partial charge on any atom is 0.257 e. The molecule has 3 rings (SSSR count). The van der Waals surface area contributed by atoms with Crippen molar-refractivity contribution in [2.45, 2.75) is 24.0 Å². The molecule has 1 aliphatic rings. The van der Waals surface area contributed by atoms with Gasteiger partial charge in [0, 0.05) is 18.8 Å². The van der Waals surface area contributed by atoms with E-state index < -0.39 is 9.84 Å². The van der Waals surface area contributed by atoms with Crippen molar-refractivity contribution in [1.29, 1.82) is 0 Å². The van der Waals surface area contributed by atoms with Crippen molar-refractivity contribution in [3.8, 4) is 0 Å². The molecule has 1 amide bonds. The fourth-order valence-electron chi connectivity index (χ4n) is 3.04. The van der Waals surface area contributed by atoms with Crippen LogP contribution in [0.3, 0.4) is 0 Å². The van der Waals surface area contributed by atoms with E-state index in [1.807, 2.05) is 36.6 Å². The summed E-state index contributed by atoms with van der Waals surface area (Å²) in [6, 6.07) is 12.8. The van der Waals surface area contributed by atoms with Crippen LogP contribution in [-0.4, -0.2) is 48.0 Å². The van der Waals surface area contributed by atoms with Crippen molar-refractivity contribution < 1.29 is 13.2 Å². The number of amides is 1. The molecule has 132 valence electrons. The van der Waals surface area contributed by atoms with E-state index in [1.54, 1.807) is 23.2 Å². The van der Waals surface area contributed by atoms with Crippen molar-refractivity contribution in [3.63, 3.8) is 0 Å². The molecule has 1 aromatic carbocycles. The molecule has 0 radical (unpaired) electrons. The summed E-state index contributed by atoms with van der Waals surface area (Å²) in [4.78, 5) is 19.2. The van der Waals surface area contributed by atoms with Crippen LogP contribution in [0.15, 0.2) is 53.7 Å². The summed E-state index contributed by atoms with van der Waals surface area (Å²) in [7, 11) is -3.08. The van der Waals surface area contributed by atoms with Gasteiger partial charge >= 0.3 is 0 Å². The number of nitrogens with zero attached hydrogens (tertiary/aromatic N) is 2. The topological polar surface area (TPSA) is 67.3 Å². The normalized spacial score (nSPS) is 18.8. The summed E-state index contributed by atoms with van der Waals surface area (Å²) < 4.78 is 23.9. The highest BCUT2D eigenvalue weighted by atomic mass is 32.2. The van der Waals surface area contributed by atoms with E-state index >= 15 is 0 Å². The average molecular weight is 377 g/mol. The Morgan fingerprint density at radius 1 is 1.24 bits per heavy atom. The second-order valence-corrected chi connectivity index (χ2v) is 9.06. The largest absolute Gasteiger partial charge is 0.330 e. The van der Waals surface area contributed by atoms with E-state index in [1.165, 1.54) is 11.8 Å². The van der Waals surface area contributed by atoms with Crippen LogP contribution in [0.1, 0.15) is 22.3 Å². The fraction of sp³-hybridized carbons (Fsp3) is 0.333. The van der Waals surface area contributed by atoms with Crippen molar-refractivity contribution in [3.05, 3.63) is 59.8 Å². The monoisotopic (exact) mass is 376 g/mol. The summed E-state index contributed by atoms with van der Waals surface area (Å²) in [5, 5.41) is 0.659. The molecular formula is C18H20N2O3S2. The first-order chi connectivity index (χ1) is 12.0. The molecule has 1 fully saturated rings. The molecule has 2 aromatic rings. The number of aromatic nitrogens is 1. The van der Waals surface area contributed by atoms with E-state index in [2.05, 4.69) is 4.98 Å². The third-order valence-electron chi connectivity index (χ3n) is 4.30. The molecule has 5 nitrogen and oxygen atoms in total. The SMILES string of the molecule is CSc1ncccc1C(=O)N(Cc1ccccc1)[C@@H]1CCS(=O)(=O)C1. The van der Waals surface area contributed by atoms with Crippen molar-refractivity contribution >= 4 is 27.5 Å². The van der Waals surface area contributed by atoms with E-state index in [4.69, 9.17) is 0 Å². The van der Waals surface area contributed by atoms with Crippen LogP contribution < -0.4 is 0 Å². The molecule has 0 unspecified atom stereocenters. The predicted molar refractivity (Wildman–Crippen MR) is 99.4 cm³/mol. The van der Waals surface area contributed by atoms with Crippen molar-refractivity contribution in [1.82, 2.24) is 9.88 Å². The molecule has 0 aliphatic carbocycles. The Hall–Kier alpha value is -1.86. The molecule has 1 aliphatic heterocycles. The highest BCUT2D eigenvalue weighted by molar-refractivity contribution is 7.98. The molecule has 0 spiro atoms. The lowest BCUT2D eigenvalue weighted by Gasteiger charge is -2.29. The molecule has 0 bridgehead atoms. The number of carbonyl (C=O) groups is 1. The second kappa shape index (κ2) is 7.58. The smallest absolute Gasteiger partial charge is 0.257 e. The van der Waals surface area contributed by atoms with Crippen LogP contribution >= 0.6 is 11.8 Å². The molecule has 1 saturated heterocycles. The van der Waals surface area contributed by atoms with Gasteiger partial charge in [-0.1, -0.05) is 30.3 Å². The van der Waals surface area contributed by atoms with Gasteiger partial charge in [-0.05, 0) is 30.4 Å². The van der Waals surface area contributed by atoms with Crippen molar-refractivity contribution in [2.75, 3.05) is 17.8 Å². The molecule has 7 heteroatoms. The zero-order valence-corrected chi connectivity index (χ0v) is 15.6. The lowest BCUT2D eigenvalue weighted by Crippen LogP contribution is -2.40. The predicted octanol–water partition coefficient (Wildman–Crippen LogP) is 2.63. The van der Waals surface area contributed by atoms with Gasteiger partial charge in [0.15, 0.2) is 9.84 Å². The Labute approximate surface area is 152 Å². The number of carbonyl (C=O) groups excluding carboxylic acids is 1. The van der Waals surface area contributed by atoms with Crippen LogP contribution in [0.5, 0.6) is 0 Å². The Kier molecular flexibility index (Phi) is 5.44. The summed E-state index contributed by atoms with van der Waals surface area (Å²) in [6.45, 7) is 0.391. The fourth-order valence-corrected chi connectivity index (χ4v) is 5.31. The number of pyridine rings is 1. The van der Waals surface area contributed by atoms with Crippen LogP contribution in [0.2, 0.25) is 0 Å². The Morgan fingerprint density at radius 2 is 2.00 bits per heavy atom. The maximum absolute atomic E-state index is 13.2. The zero-order chi connectivity index (χ0) is 17.9. The van der Waals surface area contributed by atoms with Crippen LogP contribution in [0.4, 0.5) is 0 Å². The Balaban J connectivity index is 1.94. The van der Waals surface area contributed by atoms with E-state index in [-0.39, 0.29) is 23.5 Å². The van der Waals surface area contributed by atoms with Gasteiger partial charge in [0.25, 0.3) is 5.91 Å². The quantitative estimate of drug-likeness (QED) is 0.751. The minimum absolute atomic E-state index is 0.0282. The lowest BCUT2D eigenvalue weighted by molar-refractivity contribution is 0.0676. The summed E-state index contributed by atoms with van der Waals surface area (Å²) in [6.07, 6.45) is 4.01. The molecular weight excluding hydrogens is 356 g/mol. The number of hydrogen-bond acceptors (Lipinski definition) is 5. The van der Waals surface area contributed by atoms with Gasteiger partial charge in [-0.25, -0.2) is 13.4 Å². The first kappa shape index (κ1) is 17.9. The van der Waals surface area contributed by atoms with Crippen LogP contribution in [0.25, 0.3) is 0 Å². The third kappa shape index (κ3) is 4.22. The van der Waals surface area contributed by atoms with Gasteiger partial charge in [0.05, 0.1) is 17.1 Å². The maximum atomic E-state index is 13.2. The molecule has 25 heavy (non-hydrogen) atoms. The number of rotatable bonds is 5. The first-order valence-electron chi connectivity index (χ1n) is 8.04. The Morgan fingerprint density at radius 3 is 2.64 bits per heavy atom. The van der Waals surface area contributed by atoms with Gasteiger partial charge in [-0.3, -0.25) is 4.79 Å². The van der Waals surface area contributed by atoms with E-state index in [9.17, 15) is 13.2 Å². The minimum atomic E-state index is -3.08. The Bertz CT molecular complexity index is 854. The van der Waals surface area contributed by atoms with Gasteiger partial charge in [0.1, 0.15) is 5.03 Å². The standard InChI is InChI=1S/C18H20N2O3S2/c1-24-17-16(8-5-10-19-17)18(21)20(12-14-6-3-2-4-7-14)15-9-11-25(22,23)13-15/h2-8,10,15H,9,11-13H2,1H3/t15-/m1/s1. The first-order valence-corrected chi connectivity index (χ1v) is 11.1.